The molecule has 5 nitrogen and oxygen atoms in total. The Labute approximate surface area is 121 Å². The number of aromatic nitrogens is 1. The van der Waals surface area contributed by atoms with Crippen molar-refractivity contribution in [1.29, 1.82) is 5.26 Å². The summed E-state index contributed by atoms with van der Waals surface area (Å²) in [5, 5.41) is 14.5. The molecular formula is C15H13FN4O. The van der Waals surface area contributed by atoms with Crippen molar-refractivity contribution < 1.29 is 9.18 Å². The summed E-state index contributed by atoms with van der Waals surface area (Å²) in [6.07, 6.45) is 0. The van der Waals surface area contributed by atoms with Crippen molar-refractivity contribution in [2.75, 3.05) is 17.2 Å². The van der Waals surface area contributed by atoms with Crippen LogP contribution in [0.15, 0.2) is 36.4 Å². The number of nitriles is 1. The minimum absolute atomic E-state index is 0.0613. The van der Waals surface area contributed by atoms with Gasteiger partial charge in [-0.25, -0.2) is 9.37 Å². The zero-order chi connectivity index (χ0) is 15.2. The molecular weight excluding hydrogens is 271 g/mol. The number of nitrogens with zero attached hydrogens (tertiary/aromatic N) is 2. The van der Waals surface area contributed by atoms with Crippen molar-refractivity contribution >= 4 is 17.4 Å². The summed E-state index contributed by atoms with van der Waals surface area (Å²) in [7, 11) is 0. The van der Waals surface area contributed by atoms with Gasteiger partial charge in [-0.1, -0.05) is 6.07 Å². The molecule has 0 bridgehead atoms. The molecule has 0 saturated heterocycles. The topological polar surface area (TPSA) is 77.8 Å². The molecule has 1 aromatic heterocycles. The second-order valence-corrected chi connectivity index (χ2v) is 4.19. The maximum Gasteiger partial charge on any atom is 0.274 e. The number of halogens is 1. The Hall–Kier alpha value is -2.94. The Kier molecular flexibility index (Phi) is 4.46. The molecule has 0 unspecified atom stereocenters. The number of amides is 1. The van der Waals surface area contributed by atoms with Crippen molar-refractivity contribution in [3.63, 3.8) is 0 Å². The molecule has 0 aliphatic heterocycles. The molecule has 0 saturated carbocycles. The van der Waals surface area contributed by atoms with Crippen molar-refractivity contribution in [1.82, 2.24) is 4.98 Å². The smallest absolute Gasteiger partial charge is 0.274 e. The van der Waals surface area contributed by atoms with Crippen LogP contribution < -0.4 is 10.6 Å². The van der Waals surface area contributed by atoms with Gasteiger partial charge < -0.3 is 10.6 Å². The molecule has 106 valence electrons. The molecule has 6 heteroatoms. The van der Waals surface area contributed by atoms with Crippen molar-refractivity contribution in [2.45, 2.75) is 6.92 Å². The normalized spacial score (nSPS) is 9.76. The highest BCUT2D eigenvalue weighted by Gasteiger charge is 2.11. The highest BCUT2D eigenvalue weighted by molar-refractivity contribution is 6.03. The first-order valence-electron chi connectivity index (χ1n) is 6.36. The molecule has 21 heavy (non-hydrogen) atoms. The molecule has 0 atom stereocenters. The molecule has 0 aliphatic carbocycles. The lowest BCUT2D eigenvalue weighted by atomic mass is 10.2. The van der Waals surface area contributed by atoms with E-state index in [1.165, 1.54) is 12.1 Å². The maximum atomic E-state index is 13.0. The number of nitrogens with one attached hydrogen (secondary N) is 2. The Morgan fingerprint density at radius 1 is 1.38 bits per heavy atom. The Balaban J connectivity index is 2.22. The van der Waals surface area contributed by atoms with E-state index in [0.717, 1.165) is 6.07 Å². The SMILES string of the molecule is CCNc1cccc(C(=O)Nc2ccc(F)cc2C#N)n1. The van der Waals surface area contributed by atoms with E-state index in [0.29, 0.717) is 12.4 Å². The van der Waals surface area contributed by atoms with Crippen LogP contribution in [0.2, 0.25) is 0 Å². The zero-order valence-electron chi connectivity index (χ0n) is 11.4. The molecule has 2 aromatic rings. The number of anilines is 2. The van der Waals surface area contributed by atoms with Gasteiger partial charge in [-0.3, -0.25) is 4.79 Å². The van der Waals surface area contributed by atoms with Crippen LogP contribution in [0.4, 0.5) is 15.9 Å². The molecule has 0 aliphatic rings. The van der Waals surface area contributed by atoms with Crippen LogP contribution >= 0.6 is 0 Å². The van der Waals surface area contributed by atoms with Gasteiger partial charge in [-0.15, -0.1) is 0 Å². The van der Waals surface area contributed by atoms with Crippen molar-refractivity contribution in [3.8, 4) is 6.07 Å². The van der Waals surface area contributed by atoms with Crippen LogP contribution in [0.3, 0.4) is 0 Å². The van der Waals surface area contributed by atoms with E-state index in [1.54, 1.807) is 18.2 Å². The summed E-state index contributed by atoms with van der Waals surface area (Å²) in [5.74, 6) is -0.403. The Bertz CT molecular complexity index is 709. The second kappa shape index (κ2) is 6.48. The summed E-state index contributed by atoms with van der Waals surface area (Å²) in [6, 6.07) is 10.4. The highest BCUT2D eigenvalue weighted by atomic mass is 19.1. The molecule has 0 fully saturated rings. The van der Waals surface area contributed by atoms with Crippen LogP contribution in [-0.2, 0) is 0 Å². The molecule has 2 rings (SSSR count). The van der Waals surface area contributed by atoms with Gasteiger partial charge in [0.2, 0.25) is 0 Å². The van der Waals surface area contributed by atoms with Crippen molar-refractivity contribution in [2.24, 2.45) is 0 Å². The Morgan fingerprint density at radius 2 is 2.19 bits per heavy atom. The fourth-order valence-corrected chi connectivity index (χ4v) is 1.75. The number of hydrogen-bond donors (Lipinski definition) is 2. The third-order valence-corrected chi connectivity index (χ3v) is 2.69. The van der Waals surface area contributed by atoms with E-state index in [-0.39, 0.29) is 16.9 Å². The first-order valence-corrected chi connectivity index (χ1v) is 6.36. The predicted octanol–water partition coefficient (Wildman–Crippen LogP) is 2.78. The van der Waals surface area contributed by atoms with Gasteiger partial charge in [-0.05, 0) is 37.3 Å². The van der Waals surface area contributed by atoms with E-state index >= 15 is 0 Å². The molecule has 0 spiro atoms. The van der Waals surface area contributed by atoms with E-state index in [4.69, 9.17) is 5.26 Å². The first-order chi connectivity index (χ1) is 10.1. The monoisotopic (exact) mass is 284 g/mol. The quantitative estimate of drug-likeness (QED) is 0.905. The number of pyridine rings is 1. The molecule has 2 N–H and O–H groups in total. The number of carbonyl (C=O) groups excluding carboxylic acids is 1. The number of benzene rings is 1. The number of rotatable bonds is 4. The minimum Gasteiger partial charge on any atom is -0.370 e. The van der Waals surface area contributed by atoms with Crippen LogP contribution in [0.1, 0.15) is 23.0 Å². The lowest BCUT2D eigenvalue weighted by Crippen LogP contribution is -2.15. The number of carbonyl (C=O) groups is 1. The van der Waals surface area contributed by atoms with Gasteiger partial charge in [0.15, 0.2) is 0 Å². The lowest BCUT2D eigenvalue weighted by molar-refractivity contribution is 0.102. The summed E-state index contributed by atoms with van der Waals surface area (Å²) in [4.78, 5) is 16.3. The third-order valence-electron chi connectivity index (χ3n) is 2.69. The molecule has 0 radical (unpaired) electrons. The van der Waals surface area contributed by atoms with Crippen molar-refractivity contribution in [3.05, 3.63) is 53.5 Å². The summed E-state index contributed by atoms with van der Waals surface area (Å²) in [6.45, 7) is 2.61. The van der Waals surface area contributed by atoms with Gasteiger partial charge in [0, 0.05) is 6.54 Å². The molecule has 1 heterocycles. The summed E-state index contributed by atoms with van der Waals surface area (Å²) >= 11 is 0. The molecule has 1 aromatic carbocycles. The van der Waals surface area contributed by atoms with Crippen LogP contribution in [-0.4, -0.2) is 17.4 Å². The number of hydrogen-bond acceptors (Lipinski definition) is 4. The summed E-state index contributed by atoms with van der Waals surface area (Å²) in [5.41, 5.74) is 0.521. The van der Waals surface area contributed by atoms with E-state index < -0.39 is 11.7 Å². The average Bonchev–Trinajstić information content (AvgIpc) is 2.49. The maximum absolute atomic E-state index is 13.0. The first kappa shape index (κ1) is 14.5. The van der Waals surface area contributed by atoms with Crippen LogP contribution in [0.5, 0.6) is 0 Å². The highest BCUT2D eigenvalue weighted by Crippen LogP contribution is 2.17. The largest absolute Gasteiger partial charge is 0.370 e. The standard InChI is InChI=1S/C15H13FN4O/c1-2-18-14-5-3-4-13(19-14)15(21)20-12-7-6-11(16)8-10(12)9-17/h3-8H,2H2,1H3,(H,18,19)(H,20,21). The van der Waals surface area contributed by atoms with Gasteiger partial charge in [-0.2, -0.15) is 5.26 Å². The van der Waals surface area contributed by atoms with Gasteiger partial charge in [0.25, 0.3) is 5.91 Å². The Morgan fingerprint density at radius 3 is 2.90 bits per heavy atom. The average molecular weight is 284 g/mol. The zero-order valence-corrected chi connectivity index (χ0v) is 11.4. The lowest BCUT2D eigenvalue weighted by Gasteiger charge is -2.08. The van der Waals surface area contributed by atoms with Crippen LogP contribution in [0.25, 0.3) is 0 Å². The minimum atomic E-state index is -0.531. The second-order valence-electron chi connectivity index (χ2n) is 4.19. The third kappa shape index (κ3) is 3.54. The van der Waals surface area contributed by atoms with Crippen LogP contribution in [0, 0.1) is 17.1 Å². The van der Waals surface area contributed by atoms with E-state index in [9.17, 15) is 9.18 Å². The summed E-state index contributed by atoms with van der Waals surface area (Å²) < 4.78 is 13.0. The van der Waals surface area contributed by atoms with E-state index in [1.807, 2.05) is 13.0 Å². The fraction of sp³-hybridized carbons (Fsp3) is 0.133. The van der Waals surface area contributed by atoms with E-state index in [2.05, 4.69) is 15.6 Å². The van der Waals surface area contributed by atoms with Gasteiger partial charge in [0.05, 0.1) is 11.3 Å². The fourth-order valence-electron chi connectivity index (χ4n) is 1.75. The van der Waals surface area contributed by atoms with Gasteiger partial charge in [0.1, 0.15) is 23.4 Å². The molecule has 1 amide bonds. The van der Waals surface area contributed by atoms with Gasteiger partial charge >= 0.3 is 0 Å². The predicted molar refractivity (Wildman–Crippen MR) is 77.5 cm³/mol.